The monoisotopic (exact) mass is 280 g/mol. The zero-order valence-corrected chi connectivity index (χ0v) is 9.11. The summed E-state index contributed by atoms with van der Waals surface area (Å²) < 4.78 is 25.1. The minimum absolute atomic E-state index is 0.0430. The van der Waals surface area contributed by atoms with Gasteiger partial charge in [0.25, 0.3) is 6.43 Å². The first-order chi connectivity index (χ1) is 6.60. The average Bonchev–Trinajstić information content (AvgIpc) is 2.17. The van der Waals surface area contributed by atoms with Crippen molar-refractivity contribution in [3.8, 4) is 6.07 Å². The van der Waals surface area contributed by atoms with Gasteiger partial charge in [-0.1, -0.05) is 0 Å². The Balaban J connectivity index is 3.33. The number of hydrogen-bond donors (Lipinski definition) is 0. The number of nitrogens with zero attached hydrogens (tertiary/aromatic N) is 2. The molecule has 0 aliphatic carbocycles. The van der Waals surface area contributed by atoms with Crippen LogP contribution in [0.1, 0.15) is 23.4 Å². The predicted octanol–water partition coefficient (Wildman–Crippen LogP) is 3.39. The predicted molar refractivity (Wildman–Crippen MR) is 51.2 cm³/mol. The van der Waals surface area contributed by atoms with Crippen molar-refractivity contribution in [3.63, 3.8) is 0 Å². The third kappa shape index (κ3) is 2.20. The van der Waals surface area contributed by atoms with Gasteiger partial charge in [-0.25, -0.2) is 13.8 Å². The summed E-state index contributed by atoms with van der Waals surface area (Å²) in [5.41, 5.74) is -0.141. The molecule has 0 spiro atoms. The summed E-state index contributed by atoms with van der Waals surface area (Å²) in [6, 6.07) is 2.95. The van der Waals surface area contributed by atoms with Crippen LogP contribution in [0.2, 0.25) is 0 Å². The van der Waals surface area contributed by atoms with Crippen LogP contribution in [0.25, 0.3) is 0 Å². The van der Waals surface area contributed by atoms with Crippen LogP contribution in [0.3, 0.4) is 0 Å². The highest BCUT2D eigenvalue weighted by atomic mass is 79.9. The van der Waals surface area contributed by atoms with Crippen molar-refractivity contribution >= 4 is 27.5 Å². The molecule has 0 aliphatic rings. The molecule has 0 saturated carbocycles. The molecule has 0 aliphatic heterocycles. The van der Waals surface area contributed by atoms with Gasteiger partial charge in [0.1, 0.15) is 6.07 Å². The first-order valence-electron chi connectivity index (χ1n) is 3.53. The first-order valence-corrected chi connectivity index (χ1v) is 4.86. The molecule has 0 atom stereocenters. The second-order valence-corrected chi connectivity index (χ2v) is 3.52. The van der Waals surface area contributed by atoms with Gasteiger partial charge in [-0.3, -0.25) is 0 Å². The summed E-state index contributed by atoms with van der Waals surface area (Å²) in [6.07, 6.45) is -2.64. The van der Waals surface area contributed by atoms with Crippen LogP contribution < -0.4 is 0 Å². The van der Waals surface area contributed by atoms with Crippen LogP contribution in [0.5, 0.6) is 0 Å². The van der Waals surface area contributed by atoms with Gasteiger partial charge in [0, 0.05) is 5.56 Å². The Kier molecular flexibility index (Phi) is 3.78. The van der Waals surface area contributed by atoms with Crippen LogP contribution in [0, 0.1) is 11.3 Å². The number of rotatable bonds is 2. The van der Waals surface area contributed by atoms with E-state index in [0.717, 1.165) is 0 Å². The van der Waals surface area contributed by atoms with E-state index in [-0.39, 0.29) is 27.3 Å². The van der Waals surface area contributed by atoms with Crippen LogP contribution in [-0.2, 0) is 5.88 Å². The standard InChI is InChI=1S/C8H4BrClF2N2/c9-5-1-4(8(11)12)6(2-10)14-7(5)3-13/h1,8H,2H2. The number of alkyl halides is 3. The normalized spacial score (nSPS) is 10.3. The van der Waals surface area contributed by atoms with Crippen molar-refractivity contribution < 1.29 is 8.78 Å². The SMILES string of the molecule is N#Cc1nc(CCl)c(C(F)F)cc1Br. The summed E-state index contributed by atoms with van der Waals surface area (Å²) in [5.74, 6) is -0.137. The Morgan fingerprint density at radius 2 is 2.29 bits per heavy atom. The van der Waals surface area contributed by atoms with Gasteiger partial charge in [-0.2, -0.15) is 5.26 Å². The summed E-state index contributed by atoms with van der Waals surface area (Å²) in [7, 11) is 0. The summed E-state index contributed by atoms with van der Waals surface area (Å²) >= 11 is 8.41. The molecule has 1 rings (SSSR count). The highest BCUT2D eigenvalue weighted by Gasteiger charge is 2.16. The molecule has 6 heteroatoms. The van der Waals surface area contributed by atoms with E-state index < -0.39 is 6.43 Å². The lowest BCUT2D eigenvalue weighted by Gasteiger charge is -2.06. The van der Waals surface area contributed by atoms with E-state index in [0.29, 0.717) is 0 Å². The van der Waals surface area contributed by atoms with Crippen molar-refractivity contribution in [2.75, 3.05) is 0 Å². The third-order valence-corrected chi connectivity index (χ3v) is 2.41. The maximum Gasteiger partial charge on any atom is 0.265 e. The molecule has 1 heterocycles. The Morgan fingerprint density at radius 1 is 1.64 bits per heavy atom. The van der Waals surface area contributed by atoms with E-state index >= 15 is 0 Å². The largest absolute Gasteiger partial charge is 0.265 e. The second kappa shape index (κ2) is 4.67. The van der Waals surface area contributed by atoms with Crippen molar-refractivity contribution in [2.24, 2.45) is 0 Å². The molecule has 1 aromatic rings. The Morgan fingerprint density at radius 3 is 2.71 bits per heavy atom. The smallest absolute Gasteiger partial charge is 0.239 e. The third-order valence-electron chi connectivity index (χ3n) is 1.56. The van der Waals surface area contributed by atoms with Crippen LogP contribution in [0.4, 0.5) is 8.78 Å². The van der Waals surface area contributed by atoms with Gasteiger partial charge < -0.3 is 0 Å². The summed E-state index contributed by atoms with van der Waals surface area (Å²) in [6.45, 7) is 0. The number of halogens is 4. The van der Waals surface area contributed by atoms with E-state index in [2.05, 4.69) is 20.9 Å². The molecule has 1 aromatic heterocycles. The highest BCUT2D eigenvalue weighted by molar-refractivity contribution is 9.10. The fourth-order valence-corrected chi connectivity index (χ4v) is 1.55. The van der Waals surface area contributed by atoms with E-state index in [1.165, 1.54) is 6.07 Å². The molecule has 74 valence electrons. The van der Waals surface area contributed by atoms with Crippen molar-refractivity contribution in [1.29, 1.82) is 5.26 Å². The molecular formula is C8H4BrClF2N2. The Hall–Kier alpha value is -0.730. The lowest BCUT2D eigenvalue weighted by Crippen LogP contribution is -1.99. The summed E-state index contributed by atoms with van der Waals surface area (Å²) in [4.78, 5) is 3.71. The van der Waals surface area contributed by atoms with E-state index in [1.54, 1.807) is 6.07 Å². The number of pyridine rings is 1. The van der Waals surface area contributed by atoms with Gasteiger partial charge in [0.05, 0.1) is 16.0 Å². The van der Waals surface area contributed by atoms with Crippen molar-refractivity contribution in [2.45, 2.75) is 12.3 Å². The zero-order chi connectivity index (χ0) is 10.7. The maximum atomic E-state index is 12.4. The minimum atomic E-state index is -2.64. The number of nitriles is 1. The van der Waals surface area contributed by atoms with Crippen LogP contribution in [0.15, 0.2) is 10.5 Å². The van der Waals surface area contributed by atoms with Crippen LogP contribution >= 0.6 is 27.5 Å². The molecular weight excluding hydrogens is 277 g/mol. The molecule has 0 saturated heterocycles. The number of aromatic nitrogens is 1. The summed E-state index contributed by atoms with van der Waals surface area (Å²) in [5, 5.41) is 8.59. The zero-order valence-electron chi connectivity index (χ0n) is 6.77. The fraction of sp³-hybridized carbons (Fsp3) is 0.250. The quantitative estimate of drug-likeness (QED) is 0.779. The van der Waals surface area contributed by atoms with E-state index in [4.69, 9.17) is 16.9 Å². The van der Waals surface area contributed by atoms with Crippen molar-refractivity contribution in [3.05, 3.63) is 27.5 Å². The minimum Gasteiger partial charge on any atom is -0.239 e. The molecule has 2 nitrogen and oxygen atoms in total. The second-order valence-electron chi connectivity index (χ2n) is 2.40. The highest BCUT2D eigenvalue weighted by Crippen LogP contribution is 2.27. The molecule has 0 fully saturated rings. The topological polar surface area (TPSA) is 36.7 Å². The van der Waals surface area contributed by atoms with Gasteiger partial charge in [-0.15, -0.1) is 11.6 Å². The van der Waals surface area contributed by atoms with Crippen LogP contribution in [-0.4, -0.2) is 4.98 Å². The lowest BCUT2D eigenvalue weighted by atomic mass is 10.2. The maximum absolute atomic E-state index is 12.4. The average molecular weight is 281 g/mol. The van der Waals surface area contributed by atoms with Gasteiger partial charge >= 0.3 is 0 Å². The van der Waals surface area contributed by atoms with Crippen molar-refractivity contribution in [1.82, 2.24) is 4.98 Å². The first kappa shape index (κ1) is 11.3. The fourth-order valence-electron chi connectivity index (χ4n) is 0.915. The molecule has 0 bridgehead atoms. The molecule has 14 heavy (non-hydrogen) atoms. The van der Waals surface area contributed by atoms with Gasteiger partial charge in [0.15, 0.2) is 5.69 Å². The lowest BCUT2D eigenvalue weighted by molar-refractivity contribution is 0.150. The van der Waals surface area contributed by atoms with E-state index in [9.17, 15) is 8.78 Å². The Bertz CT molecular complexity index is 390. The molecule has 0 N–H and O–H groups in total. The molecule has 0 radical (unpaired) electrons. The van der Waals surface area contributed by atoms with Gasteiger partial charge in [-0.05, 0) is 22.0 Å². The Labute approximate surface area is 92.6 Å². The molecule has 0 aromatic carbocycles. The molecule has 0 amide bonds. The number of hydrogen-bond acceptors (Lipinski definition) is 2. The molecule has 0 unspecified atom stereocenters. The van der Waals surface area contributed by atoms with E-state index in [1.807, 2.05) is 0 Å². The van der Waals surface area contributed by atoms with Gasteiger partial charge in [0.2, 0.25) is 0 Å².